The Morgan fingerprint density at radius 1 is 1.32 bits per heavy atom. The number of carbonyl (C=O) groups excluding carboxylic acids is 1. The molecule has 0 unspecified atom stereocenters. The zero-order chi connectivity index (χ0) is 16.1. The number of nitrogens with one attached hydrogen (secondary N) is 1. The number of alkyl halides is 2. The van der Waals surface area contributed by atoms with E-state index in [9.17, 15) is 22.0 Å². The molecule has 9 heteroatoms. The lowest BCUT2D eigenvalue weighted by Crippen LogP contribution is -2.41. The summed E-state index contributed by atoms with van der Waals surface area (Å²) in [4.78, 5) is 11.8. The topological polar surface area (TPSA) is 89.3 Å². The van der Waals surface area contributed by atoms with Gasteiger partial charge < -0.3 is 11.1 Å². The predicted molar refractivity (Wildman–Crippen MR) is 82.4 cm³/mol. The molecule has 0 aliphatic heterocycles. The van der Waals surface area contributed by atoms with Gasteiger partial charge in [0.1, 0.15) is 0 Å². The molecule has 0 heterocycles. The first-order valence-corrected chi connectivity index (χ1v) is 8.06. The SMILES string of the molecule is CCCS(=O)(=O)c1ccccc1C(=O)NCC(F)(F)CN.Cl. The Morgan fingerprint density at radius 3 is 2.45 bits per heavy atom. The Hall–Kier alpha value is -1.25. The Morgan fingerprint density at radius 2 is 1.91 bits per heavy atom. The van der Waals surface area contributed by atoms with Gasteiger partial charge in [-0.3, -0.25) is 4.79 Å². The van der Waals surface area contributed by atoms with Crippen molar-refractivity contribution >= 4 is 28.2 Å². The number of carbonyl (C=O) groups is 1. The van der Waals surface area contributed by atoms with Crippen molar-refractivity contribution in [2.75, 3.05) is 18.8 Å². The van der Waals surface area contributed by atoms with Crippen LogP contribution in [0, 0.1) is 0 Å². The van der Waals surface area contributed by atoms with Crippen LogP contribution in [0.25, 0.3) is 0 Å². The smallest absolute Gasteiger partial charge is 0.277 e. The first kappa shape index (κ1) is 20.8. The van der Waals surface area contributed by atoms with Crippen molar-refractivity contribution in [3.05, 3.63) is 29.8 Å². The van der Waals surface area contributed by atoms with E-state index in [1.807, 2.05) is 5.32 Å². The summed E-state index contributed by atoms with van der Waals surface area (Å²) < 4.78 is 50.2. The number of hydrogen-bond donors (Lipinski definition) is 2. The highest BCUT2D eigenvalue weighted by atomic mass is 35.5. The summed E-state index contributed by atoms with van der Waals surface area (Å²) >= 11 is 0. The zero-order valence-electron chi connectivity index (χ0n) is 12.0. The molecule has 0 aromatic heterocycles. The molecule has 5 nitrogen and oxygen atoms in total. The van der Waals surface area contributed by atoms with E-state index in [0.29, 0.717) is 6.42 Å². The molecule has 22 heavy (non-hydrogen) atoms. The summed E-state index contributed by atoms with van der Waals surface area (Å²) in [7, 11) is -3.62. The second-order valence-corrected chi connectivity index (χ2v) is 6.64. The molecule has 126 valence electrons. The fraction of sp³-hybridized carbons (Fsp3) is 0.462. The quantitative estimate of drug-likeness (QED) is 0.776. The third-order valence-corrected chi connectivity index (χ3v) is 4.72. The second-order valence-electron chi connectivity index (χ2n) is 4.56. The van der Waals surface area contributed by atoms with Gasteiger partial charge in [0.15, 0.2) is 9.84 Å². The Labute approximate surface area is 134 Å². The molecule has 1 rings (SSSR count). The van der Waals surface area contributed by atoms with Crippen molar-refractivity contribution in [2.24, 2.45) is 5.73 Å². The lowest BCUT2D eigenvalue weighted by molar-refractivity contribution is 0.0118. The van der Waals surface area contributed by atoms with Crippen LogP contribution in [0.15, 0.2) is 29.2 Å². The molecule has 0 aliphatic rings. The second kappa shape index (κ2) is 8.40. The van der Waals surface area contributed by atoms with E-state index in [2.05, 4.69) is 0 Å². The maximum atomic E-state index is 13.0. The zero-order valence-corrected chi connectivity index (χ0v) is 13.6. The van der Waals surface area contributed by atoms with E-state index >= 15 is 0 Å². The molecule has 0 bridgehead atoms. The summed E-state index contributed by atoms with van der Waals surface area (Å²) in [6.45, 7) is -0.143. The molecule has 0 atom stereocenters. The normalized spacial score (nSPS) is 11.6. The summed E-state index contributed by atoms with van der Waals surface area (Å²) in [5, 5.41) is 2.01. The molecule has 3 N–H and O–H groups in total. The minimum absolute atomic E-state index is 0. The van der Waals surface area contributed by atoms with Crippen LogP contribution < -0.4 is 11.1 Å². The lowest BCUT2D eigenvalue weighted by atomic mass is 10.2. The van der Waals surface area contributed by atoms with Crippen LogP contribution in [0.1, 0.15) is 23.7 Å². The Kier molecular flexibility index (Phi) is 7.92. The van der Waals surface area contributed by atoms with E-state index in [4.69, 9.17) is 5.73 Å². The van der Waals surface area contributed by atoms with Gasteiger partial charge in [-0.2, -0.15) is 0 Å². The van der Waals surface area contributed by atoms with E-state index in [1.165, 1.54) is 24.3 Å². The summed E-state index contributed by atoms with van der Waals surface area (Å²) in [6.07, 6.45) is 0.392. The van der Waals surface area contributed by atoms with Crippen LogP contribution in [0.5, 0.6) is 0 Å². The van der Waals surface area contributed by atoms with Gasteiger partial charge >= 0.3 is 0 Å². The maximum Gasteiger partial charge on any atom is 0.277 e. The number of hydrogen-bond acceptors (Lipinski definition) is 4. The van der Waals surface area contributed by atoms with Gasteiger partial charge in [0, 0.05) is 0 Å². The molecule has 0 spiro atoms. The van der Waals surface area contributed by atoms with Crippen LogP contribution in [-0.4, -0.2) is 39.1 Å². The highest BCUT2D eigenvalue weighted by molar-refractivity contribution is 7.91. The van der Waals surface area contributed by atoms with Crippen LogP contribution in [0.4, 0.5) is 8.78 Å². The molecular weight excluding hydrogens is 338 g/mol. The first-order chi connectivity index (χ1) is 9.73. The van der Waals surface area contributed by atoms with Gasteiger partial charge in [-0.15, -0.1) is 12.4 Å². The average Bonchev–Trinajstić information content (AvgIpc) is 2.45. The molecule has 1 aromatic rings. The molecule has 0 radical (unpaired) electrons. The van der Waals surface area contributed by atoms with E-state index < -0.39 is 34.8 Å². The largest absolute Gasteiger partial charge is 0.346 e. The number of rotatable bonds is 7. The standard InChI is InChI=1S/C13H18F2N2O3S.ClH/c1-2-7-21(19,20)11-6-4-3-5-10(11)12(18)17-9-13(14,15)8-16;/h3-6H,2,7-9,16H2,1H3,(H,17,18);1H. The Bertz CT molecular complexity index is 609. The number of sulfone groups is 1. The summed E-state index contributed by atoms with van der Waals surface area (Å²) in [5.41, 5.74) is 4.73. The van der Waals surface area contributed by atoms with Crippen molar-refractivity contribution in [1.29, 1.82) is 0 Å². The average molecular weight is 357 g/mol. The fourth-order valence-corrected chi connectivity index (χ4v) is 3.22. The third-order valence-electron chi connectivity index (χ3n) is 2.75. The van der Waals surface area contributed by atoms with Gasteiger partial charge in [-0.05, 0) is 18.6 Å². The number of nitrogens with two attached hydrogens (primary N) is 1. The number of amides is 1. The minimum atomic E-state index is -3.62. The van der Waals surface area contributed by atoms with Crippen LogP contribution in [0.2, 0.25) is 0 Å². The van der Waals surface area contributed by atoms with Crippen molar-refractivity contribution in [3.8, 4) is 0 Å². The highest BCUT2D eigenvalue weighted by Crippen LogP contribution is 2.18. The monoisotopic (exact) mass is 356 g/mol. The predicted octanol–water partition coefficient (Wildman–Crippen LogP) is 1.62. The van der Waals surface area contributed by atoms with Gasteiger partial charge in [0.25, 0.3) is 11.8 Å². The Balaban J connectivity index is 0.00000441. The molecule has 1 amide bonds. The van der Waals surface area contributed by atoms with Crippen molar-refractivity contribution < 1.29 is 22.0 Å². The van der Waals surface area contributed by atoms with E-state index in [0.717, 1.165) is 0 Å². The third kappa shape index (κ3) is 5.51. The van der Waals surface area contributed by atoms with Crippen molar-refractivity contribution in [2.45, 2.75) is 24.2 Å². The molecular formula is C13H19ClF2N2O3S. The molecule has 0 saturated carbocycles. The van der Waals surface area contributed by atoms with Gasteiger partial charge in [-0.1, -0.05) is 19.1 Å². The van der Waals surface area contributed by atoms with E-state index in [1.54, 1.807) is 6.92 Å². The number of halogens is 3. The van der Waals surface area contributed by atoms with Gasteiger partial charge in [-0.25, -0.2) is 17.2 Å². The van der Waals surface area contributed by atoms with Crippen LogP contribution >= 0.6 is 12.4 Å². The summed E-state index contributed by atoms with van der Waals surface area (Å²) in [6, 6.07) is 5.54. The van der Waals surface area contributed by atoms with Crippen LogP contribution in [0.3, 0.4) is 0 Å². The van der Waals surface area contributed by atoms with Gasteiger partial charge in [0.05, 0.1) is 29.3 Å². The molecule has 0 fully saturated rings. The van der Waals surface area contributed by atoms with E-state index in [-0.39, 0.29) is 28.6 Å². The van der Waals surface area contributed by atoms with Crippen LogP contribution in [-0.2, 0) is 9.84 Å². The van der Waals surface area contributed by atoms with Crippen molar-refractivity contribution in [3.63, 3.8) is 0 Å². The molecule has 0 saturated heterocycles. The molecule has 0 aliphatic carbocycles. The summed E-state index contributed by atoms with van der Waals surface area (Å²) in [5.74, 6) is -4.21. The minimum Gasteiger partial charge on any atom is -0.346 e. The van der Waals surface area contributed by atoms with Gasteiger partial charge in [0.2, 0.25) is 0 Å². The molecule has 1 aromatic carbocycles. The number of benzene rings is 1. The fourth-order valence-electron chi connectivity index (χ4n) is 1.68. The van der Waals surface area contributed by atoms with Crippen molar-refractivity contribution in [1.82, 2.24) is 5.32 Å². The highest BCUT2D eigenvalue weighted by Gasteiger charge is 2.28. The lowest BCUT2D eigenvalue weighted by Gasteiger charge is -2.15. The first-order valence-electron chi connectivity index (χ1n) is 6.41. The maximum absolute atomic E-state index is 13.0.